The van der Waals surface area contributed by atoms with Crippen molar-refractivity contribution in [2.45, 2.75) is 122 Å². The molecular formula is C47H59FN8O4. The first-order valence-corrected chi connectivity index (χ1v) is 22.2. The third-order valence-corrected chi connectivity index (χ3v) is 13.7. The summed E-state index contributed by atoms with van der Waals surface area (Å²) in [7, 11) is 0. The molecule has 1 N–H and O–H groups in total. The number of para-hydroxylation sites is 1. The maximum Gasteiger partial charge on any atom is 0.410 e. The molecule has 4 aromatic rings. The molecule has 3 amide bonds. The first kappa shape index (κ1) is 40.4. The molecule has 2 aromatic carbocycles. The van der Waals surface area contributed by atoms with Crippen molar-refractivity contribution in [2.75, 3.05) is 49.5 Å². The van der Waals surface area contributed by atoms with Crippen molar-refractivity contribution in [3.63, 3.8) is 0 Å². The highest BCUT2D eigenvalue weighted by molar-refractivity contribution is 6.09. The van der Waals surface area contributed by atoms with Gasteiger partial charge in [-0.15, -0.1) is 0 Å². The predicted molar refractivity (Wildman–Crippen MR) is 231 cm³/mol. The SMILES string of the molecule is CC(C)n1cnc2cc(-c3ccc4c(c3)N([C@H]3C[C@@H](N5CCCCC5)C3)C(=O)C43CCN(C(=O)C4CCN(C(=O)OC(C)(C)C)CC4)CC3)nc(Nc3ccccc3F)c21. The van der Waals surface area contributed by atoms with E-state index >= 15 is 9.18 Å². The molecule has 318 valence electrons. The second-order valence-corrected chi connectivity index (χ2v) is 19.0. The largest absolute Gasteiger partial charge is 0.444 e. The highest BCUT2D eigenvalue weighted by Gasteiger charge is 2.56. The summed E-state index contributed by atoms with van der Waals surface area (Å²) in [6.45, 7) is 14.0. The van der Waals surface area contributed by atoms with Crippen LogP contribution in [0.15, 0.2) is 54.9 Å². The Morgan fingerprint density at radius 3 is 2.30 bits per heavy atom. The molecule has 12 nitrogen and oxygen atoms in total. The Bertz CT molecular complexity index is 2270. The van der Waals surface area contributed by atoms with Crippen LogP contribution in [0.5, 0.6) is 0 Å². The minimum Gasteiger partial charge on any atom is -0.444 e. The van der Waals surface area contributed by atoms with Gasteiger partial charge in [-0.2, -0.15) is 0 Å². The fraction of sp³-hybridized carbons (Fsp3) is 0.553. The molecule has 0 radical (unpaired) electrons. The second-order valence-electron chi connectivity index (χ2n) is 19.0. The number of benzene rings is 2. The van der Waals surface area contributed by atoms with Crippen LogP contribution in [0.1, 0.15) is 104 Å². The van der Waals surface area contributed by atoms with Crippen LogP contribution in [0.2, 0.25) is 0 Å². The number of nitrogens with one attached hydrogen (secondary N) is 1. The molecule has 2 aromatic heterocycles. The van der Waals surface area contributed by atoms with Crippen LogP contribution < -0.4 is 10.2 Å². The van der Waals surface area contributed by atoms with E-state index in [2.05, 4.69) is 47.2 Å². The van der Waals surface area contributed by atoms with Gasteiger partial charge in [0.1, 0.15) is 16.9 Å². The van der Waals surface area contributed by atoms with Crippen LogP contribution >= 0.6 is 0 Å². The Hall–Kier alpha value is -5.04. The maximum atomic E-state index is 15.1. The van der Waals surface area contributed by atoms with E-state index in [1.807, 2.05) is 36.3 Å². The fourth-order valence-corrected chi connectivity index (χ4v) is 10.3. The van der Waals surface area contributed by atoms with Gasteiger partial charge in [0.25, 0.3) is 0 Å². The standard InChI is InChI=1S/C47H59FN8O4/c1-30(2)55-29-49-39-28-38(51-42(41(39)55)50-37-12-8-7-11-36(37)48)32-13-14-35-40(25-32)56(34-26-33(27-34)52-19-9-6-10-20-52)44(58)47(35)17-23-53(24-18-47)43(57)31-15-21-54(22-16-31)45(59)60-46(3,4)5/h7-8,11-14,25,28-31,33-34H,6,9-10,15-24,26-27H2,1-5H3,(H,50,51)/t33-,34+. The Morgan fingerprint density at radius 2 is 1.62 bits per heavy atom. The lowest BCUT2D eigenvalue weighted by Crippen LogP contribution is -2.58. The van der Waals surface area contributed by atoms with Crippen molar-refractivity contribution in [3.8, 4) is 11.3 Å². The van der Waals surface area contributed by atoms with Crippen molar-refractivity contribution in [3.05, 3.63) is 66.2 Å². The molecule has 4 fully saturated rings. The molecule has 1 saturated carbocycles. The van der Waals surface area contributed by atoms with Gasteiger partial charge in [0.2, 0.25) is 11.8 Å². The Kier molecular flexibility index (Phi) is 10.6. The number of pyridine rings is 1. The van der Waals surface area contributed by atoms with Crippen LogP contribution in [-0.2, 0) is 19.7 Å². The van der Waals surface area contributed by atoms with Gasteiger partial charge in [-0.25, -0.2) is 19.2 Å². The van der Waals surface area contributed by atoms with Gasteiger partial charge in [0, 0.05) is 61.5 Å². The molecule has 1 aliphatic carbocycles. The molecule has 60 heavy (non-hydrogen) atoms. The monoisotopic (exact) mass is 818 g/mol. The minimum atomic E-state index is -0.716. The average Bonchev–Trinajstić information content (AvgIpc) is 3.75. The number of amides is 3. The lowest BCUT2D eigenvalue weighted by atomic mass is 9.73. The van der Waals surface area contributed by atoms with Crippen LogP contribution in [0.3, 0.4) is 0 Å². The van der Waals surface area contributed by atoms with Crippen molar-refractivity contribution >= 4 is 46.1 Å². The number of carbonyl (C=O) groups is 3. The summed E-state index contributed by atoms with van der Waals surface area (Å²) in [5, 5.41) is 3.27. The van der Waals surface area contributed by atoms with Crippen molar-refractivity contribution < 1.29 is 23.5 Å². The molecule has 5 aliphatic rings. The van der Waals surface area contributed by atoms with Crippen molar-refractivity contribution in [1.82, 2.24) is 29.2 Å². The van der Waals surface area contributed by atoms with Gasteiger partial charge in [0.15, 0.2) is 5.82 Å². The van der Waals surface area contributed by atoms with Crippen molar-refractivity contribution in [2.24, 2.45) is 5.92 Å². The van der Waals surface area contributed by atoms with Gasteiger partial charge in [-0.05, 0) is 129 Å². The lowest BCUT2D eigenvalue weighted by molar-refractivity contribution is -0.140. The number of piperidine rings is 3. The number of aromatic nitrogens is 3. The molecule has 1 spiro atoms. The molecule has 4 aliphatic heterocycles. The number of fused-ring (bicyclic) bond motifs is 3. The zero-order chi connectivity index (χ0) is 41.9. The van der Waals surface area contributed by atoms with E-state index in [1.54, 1.807) is 29.4 Å². The second kappa shape index (κ2) is 15.8. The Morgan fingerprint density at radius 1 is 0.900 bits per heavy atom. The third kappa shape index (κ3) is 7.40. The van der Waals surface area contributed by atoms with E-state index in [0.29, 0.717) is 75.1 Å². The summed E-state index contributed by atoms with van der Waals surface area (Å²) in [6.07, 6.45) is 9.47. The van der Waals surface area contributed by atoms with Gasteiger partial charge in [-0.3, -0.25) is 9.59 Å². The smallest absolute Gasteiger partial charge is 0.410 e. The summed E-state index contributed by atoms with van der Waals surface area (Å²) >= 11 is 0. The Labute approximate surface area is 352 Å². The first-order valence-electron chi connectivity index (χ1n) is 22.2. The van der Waals surface area contributed by atoms with E-state index < -0.39 is 11.0 Å². The van der Waals surface area contributed by atoms with Gasteiger partial charge in [-0.1, -0.05) is 30.7 Å². The minimum absolute atomic E-state index is 0.100. The van der Waals surface area contributed by atoms with E-state index in [9.17, 15) is 9.59 Å². The van der Waals surface area contributed by atoms with Crippen LogP contribution in [0.25, 0.3) is 22.3 Å². The molecule has 0 unspecified atom stereocenters. The lowest BCUT2D eigenvalue weighted by Gasteiger charge is -2.48. The van der Waals surface area contributed by atoms with Crippen LogP contribution in [0, 0.1) is 11.7 Å². The maximum absolute atomic E-state index is 15.1. The zero-order valence-corrected chi connectivity index (χ0v) is 35.8. The summed E-state index contributed by atoms with van der Waals surface area (Å²) in [6, 6.07) is 15.6. The van der Waals surface area contributed by atoms with E-state index in [4.69, 9.17) is 14.7 Å². The predicted octanol–water partition coefficient (Wildman–Crippen LogP) is 8.43. The number of hydrogen-bond acceptors (Lipinski definition) is 8. The topological polar surface area (TPSA) is 116 Å². The number of imidazole rings is 1. The highest BCUT2D eigenvalue weighted by atomic mass is 19.1. The van der Waals surface area contributed by atoms with Crippen LogP contribution in [0.4, 0.5) is 26.4 Å². The van der Waals surface area contributed by atoms with E-state index in [-0.39, 0.29) is 41.7 Å². The molecule has 9 rings (SSSR count). The number of anilines is 3. The van der Waals surface area contributed by atoms with Gasteiger partial charge >= 0.3 is 6.09 Å². The Balaban J connectivity index is 0.998. The molecule has 3 saturated heterocycles. The first-order chi connectivity index (χ1) is 28.8. The number of nitrogens with zero attached hydrogens (tertiary/aromatic N) is 7. The number of ether oxygens (including phenoxy) is 1. The number of carbonyl (C=O) groups excluding carboxylic acids is 3. The summed E-state index contributed by atoms with van der Waals surface area (Å²) in [5.74, 6) is 0.260. The normalized spacial score (nSPS) is 22.4. The summed E-state index contributed by atoms with van der Waals surface area (Å²) < 4.78 is 22.6. The molecule has 0 atom stereocenters. The number of halogens is 1. The summed E-state index contributed by atoms with van der Waals surface area (Å²) in [5.41, 5.74) is 4.10. The summed E-state index contributed by atoms with van der Waals surface area (Å²) in [4.78, 5) is 60.0. The zero-order valence-electron chi connectivity index (χ0n) is 35.8. The molecule has 6 heterocycles. The third-order valence-electron chi connectivity index (χ3n) is 13.7. The van der Waals surface area contributed by atoms with Crippen LogP contribution in [-0.4, -0.2) is 104 Å². The quantitative estimate of drug-likeness (QED) is 0.198. The van der Waals surface area contributed by atoms with E-state index in [0.717, 1.165) is 53.8 Å². The van der Waals surface area contributed by atoms with E-state index in [1.165, 1.54) is 25.3 Å². The number of hydrogen-bond donors (Lipinski definition) is 1. The number of rotatable bonds is 7. The average molecular weight is 819 g/mol. The molecular weight excluding hydrogens is 760 g/mol. The number of likely N-dealkylation sites (tertiary alicyclic amines) is 3. The molecule has 0 bridgehead atoms. The molecule has 13 heteroatoms. The fourth-order valence-electron chi connectivity index (χ4n) is 10.3. The van der Waals surface area contributed by atoms with Crippen molar-refractivity contribution in [1.29, 1.82) is 0 Å². The highest BCUT2D eigenvalue weighted by Crippen LogP contribution is 2.52. The van der Waals surface area contributed by atoms with Gasteiger partial charge in [0.05, 0.1) is 28.6 Å². The van der Waals surface area contributed by atoms with Gasteiger partial charge < -0.3 is 34.2 Å².